The maximum atomic E-state index is 3.51. The lowest BCUT2D eigenvalue weighted by Crippen LogP contribution is -2.10. The van der Waals surface area contributed by atoms with Crippen LogP contribution < -0.4 is 15.1 Å². The number of halogens is 2. The molecule has 324 valence electrons. The van der Waals surface area contributed by atoms with Gasteiger partial charge >= 0.3 is 0 Å². The smallest absolute Gasteiger partial charge is 0.0464 e. The summed E-state index contributed by atoms with van der Waals surface area (Å²) in [5.74, 6) is 0. The Labute approximate surface area is 410 Å². The van der Waals surface area contributed by atoms with E-state index in [1.54, 1.807) is 0 Å². The van der Waals surface area contributed by atoms with E-state index in [1.807, 2.05) is 60.7 Å². The molecule has 0 unspecified atom stereocenters. The van der Waals surface area contributed by atoms with E-state index in [9.17, 15) is 0 Å². The highest BCUT2D eigenvalue weighted by atomic mass is 79.9. The highest BCUT2D eigenvalue weighted by Crippen LogP contribution is 2.45. The summed E-state index contributed by atoms with van der Waals surface area (Å²) in [6.07, 6.45) is 1.96. The molecule has 12 rings (SSSR count). The third kappa shape index (κ3) is 10.0. The fraction of sp³-hybridized carbons (Fsp3) is 0.0323. The summed E-state index contributed by atoms with van der Waals surface area (Å²) >= 11 is 7.03. The molecule has 10 aromatic carbocycles. The third-order valence-corrected chi connectivity index (χ3v) is 13.1. The van der Waals surface area contributed by atoms with Crippen LogP contribution in [0.15, 0.2) is 264 Å². The molecular formula is C62H47Br2N3. The molecule has 0 heterocycles. The summed E-state index contributed by atoms with van der Waals surface area (Å²) in [4.78, 5) is 4.67. The molecule has 0 spiro atoms. The van der Waals surface area contributed by atoms with Crippen LogP contribution in [0.5, 0.6) is 0 Å². The van der Waals surface area contributed by atoms with Gasteiger partial charge in [-0.15, -0.1) is 0 Å². The van der Waals surface area contributed by atoms with Gasteiger partial charge in [0.15, 0.2) is 0 Å². The van der Waals surface area contributed by atoms with Crippen LogP contribution in [0.25, 0.3) is 22.3 Å². The second kappa shape index (κ2) is 20.4. The minimum atomic E-state index is 0.918. The van der Waals surface area contributed by atoms with Gasteiger partial charge in [-0.3, -0.25) is 0 Å². The molecule has 2 aliphatic rings. The number of nitrogens with zero attached hydrogens (tertiary/aromatic N) is 2. The number of fused-ring (bicyclic) bond motifs is 6. The van der Waals surface area contributed by atoms with Crippen LogP contribution in [0.2, 0.25) is 0 Å². The number of benzene rings is 10. The summed E-state index contributed by atoms with van der Waals surface area (Å²) in [5.41, 5.74) is 20.2. The summed E-state index contributed by atoms with van der Waals surface area (Å²) in [5, 5.41) is 3.30. The Morgan fingerprint density at radius 3 is 0.851 bits per heavy atom. The van der Waals surface area contributed by atoms with Gasteiger partial charge in [0.05, 0.1) is 0 Å². The van der Waals surface area contributed by atoms with E-state index < -0.39 is 0 Å². The van der Waals surface area contributed by atoms with Crippen LogP contribution in [0.4, 0.5) is 45.5 Å². The molecule has 0 aliphatic heterocycles. The molecule has 0 fully saturated rings. The van der Waals surface area contributed by atoms with Crippen LogP contribution in [-0.2, 0) is 12.8 Å². The van der Waals surface area contributed by atoms with Crippen LogP contribution >= 0.6 is 31.9 Å². The van der Waals surface area contributed by atoms with Gasteiger partial charge in [-0.2, -0.15) is 0 Å². The van der Waals surface area contributed by atoms with Gasteiger partial charge in [0, 0.05) is 54.4 Å². The van der Waals surface area contributed by atoms with Crippen molar-refractivity contribution >= 4 is 77.4 Å². The normalized spacial score (nSPS) is 11.3. The molecule has 0 bridgehead atoms. The van der Waals surface area contributed by atoms with Crippen molar-refractivity contribution in [1.82, 2.24) is 0 Å². The fourth-order valence-electron chi connectivity index (χ4n) is 9.02. The van der Waals surface area contributed by atoms with Crippen molar-refractivity contribution in [2.45, 2.75) is 12.8 Å². The van der Waals surface area contributed by atoms with Crippen molar-refractivity contribution in [3.63, 3.8) is 0 Å². The van der Waals surface area contributed by atoms with Crippen molar-refractivity contribution in [3.05, 3.63) is 286 Å². The van der Waals surface area contributed by atoms with E-state index in [4.69, 9.17) is 0 Å². The Morgan fingerprint density at radius 1 is 0.269 bits per heavy atom. The number of anilines is 8. The molecule has 0 atom stereocenters. The van der Waals surface area contributed by atoms with Crippen molar-refractivity contribution in [2.24, 2.45) is 0 Å². The van der Waals surface area contributed by atoms with Crippen molar-refractivity contribution in [2.75, 3.05) is 15.1 Å². The maximum Gasteiger partial charge on any atom is 0.0464 e. The molecule has 0 saturated heterocycles. The molecule has 1 N–H and O–H groups in total. The lowest BCUT2D eigenvalue weighted by atomic mass is 10.0. The Hall–Kier alpha value is -7.44. The molecule has 0 saturated carbocycles. The van der Waals surface area contributed by atoms with Gasteiger partial charge in [0.1, 0.15) is 0 Å². The highest BCUT2D eigenvalue weighted by Gasteiger charge is 2.23. The van der Waals surface area contributed by atoms with Gasteiger partial charge in [-0.1, -0.05) is 165 Å². The van der Waals surface area contributed by atoms with Gasteiger partial charge in [-0.25, -0.2) is 0 Å². The van der Waals surface area contributed by atoms with Crippen molar-refractivity contribution < 1.29 is 0 Å². The first-order valence-electron chi connectivity index (χ1n) is 22.6. The van der Waals surface area contributed by atoms with E-state index in [0.717, 1.165) is 55.9 Å². The first-order chi connectivity index (χ1) is 33.0. The van der Waals surface area contributed by atoms with Gasteiger partial charge in [0.25, 0.3) is 0 Å². The average Bonchev–Trinajstić information content (AvgIpc) is 3.93. The number of hydrogen-bond donors (Lipinski definition) is 1. The van der Waals surface area contributed by atoms with E-state index >= 15 is 0 Å². The monoisotopic (exact) mass is 991 g/mol. The summed E-state index contributed by atoms with van der Waals surface area (Å²) in [6.45, 7) is 0. The highest BCUT2D eigenvalue weighted by molar-refractivity contribution is 9.10. The van der Waals surface area contributed by atoms with E-state index in [2.05, 4.69) is 241 Å². The maximum absolute atomic E-state index is 3.51. The van der Waals surface area contributed by atoms with Crippen LogP contribution in [-0.4, -0.2) is 0 Å². The van der Waals surface area contributed by atoms with Gasteiger partial charge in [0.2, 0.25) is 0 Å². The SMILES string of the molecule is Brc1ccc2c(c1)Cc1cc(Br)ccc1-2.c1ccc(N(c2ccccc2)c2ccc3c(c2)Cc2cc(N(c4ccccc4)c4ccccc4)ccc2-3)cc1.c1ccc(Nc2ccccc2)cc1. The second-order valence-corrected chi connectivity index (χ2v) is 18.3. The van der Waals surface area contributed by atoms with E-state index in [-0.39, 0.29) is 0 Å². The van der Waals surface area contributed by atoms with Gasteiger partial charge in [-0.05, 0) is 179 Å². The molecule has 0 radical (unpaired) electrons. The first kappa shape index (κ1) is 43.5. The quantitative estimate of drug-likeness (QED) is 0.164. The molecular weight excluding hydrogens is 947 g/mol. The minimum absolute atomic E-state index is 0.918. The Balaban J connectivity index is 0.000000152. The van der Waals surface area contributed by atoms with Crippen molar-refractivity contribution in [1.29, 1.82) is 0 Å². The predicted molar refractivity (Wildman–Crippen MR) is 290 cm³/mol. The van der Waals surface area contributed by atoms with Crippen LogP contribution in [0.1, 0.15) is 22.3 Å². The zero-order valence-electron chi connectivity index (χ0n) is 36.8. The summed E-state index contributed by atoms with van der Waals surface area (Å²) in [6, 6.07) is 89.5. The minimum Gasteiger partial charge on any atom is -0.356 e. The molecule has 0 aromatic heterocycles. The predicted octanol–water partition coefficient (Wildman–Crippen LogP) is 18.4. The lowest BCUT2D eigenvalue weighted by Gasteiger charge is -2.26. The standard InChI is InChI=1S/C37H28N2.C13H8Br2.C12H11N/c1-5-13-30(14-6-1)38(31-15-7-2-8-16-31)34-21-23-36-28(26-34)25-29-27-35(22-24-37(29)36)39(32-17-9-3-10-18-32)33-19-11-4-12-20-33;14-10-1-3-12-8(6-10)5-9-7-11(15)2-4-13(9)12;1-3-7-11(8-4-1)13-12-9-5-2-6-10-12/h1-24,26-27H,25H2;1-4,6-7H,5H2;1-10,13H. The van der Waals surface area contributed by atoms with Crippen LogP contribution in [0.3, 0.4) is 0 Å². The van der Waals surface area contributed by atoms with E-state index in [1.165, 1.54) is 55.9 Å². The zero-order valence-corrected chi connectivity index (χ0v) is 40.0. The molecule has 2 aliphatic carbocycles. The Kier molecular flexibility index (Phi) is 13.2. The molecule has 67 heavy (non-hydrogen) atoms. The number of nitrogens with one attached hydrogen (secondary N) is 1. The lowest BCUT2D eigenvalue weighted by molar-refractivity contribution is 1.22. The summed E-state index contributed by atoms with van der Waals surface area (Å²) in [7, 11) is 0. The molecule has 3 nitrogen and oxygen atoms in total. The number of rotatable bonds is 8. The Morgan fingerprint density at radius 2 is 0.537 bits per heavy atom. The summed E-state index contributed by atoms with van der Waals surface area (Å²) < 4.78 is 2.32. The molecule has 10 aromatic rings. The fourth-order valence-corrected chi connectivity index (χ4v) is 9.84. The Bertz CT molecular complexity index is 2920. The van der Waals surface area contributed by atoms with E-state index in [0.29, 0.717) is 0 Å². The van der Waals surface area contributed by atoms with Crippen molar-refractivity contribution in [3.8, 4) is 22.3 Å². The average molecular weight is 994 g/mol. The first-order valence-corrected chi connectivity index (χ1v) is 24.1. The zero-order chi connectivity index (χ0) is 45.4. The third-order valence-electron chi connectivity index (χ3n) is 12.1. The second-order valence-electron chi connectivity index (χ2n) is 16.5. The van der Waals surface area contributed by atoms with Crippen LogP contribution in [0, 0.1) is 0 Å². The number of para-hydroxylation sites is 6. The number of hydrogen-bond acceptors (Lipinski definition) is 3. The molecule has 0 amide bonds. The largest absolute Gasteiger partial charge is 0.356 e. The molecule has 5 heteroatoms. The van der Waals surface area contributed by atoms with Gasteiger partial charge < -0.3 is 15.1 Å². The topological polar surface area (TPSA) is 18.5 Å².